The first-order valence-electron chi connectivity index (χ1n) is 7.76. The molecule has 0 heterocycles. The van der Waals surface area contributed by atoms with E-state index >= 15 is 0 Å². The third-order valence-electron chi connectivity index (χ3n) is 3.43. The number of anilines is 1. The normalized spacial score (nSPS) is 12.7. The Kier molecular flexibility index (Phi) is 6.72. The fourth-order valence-corrected chi connectivity index (χ4v) is 2.87. The lowest BCUT2D eigenvalue weighted by molar-refractivity contribution is -0.0429. The summed E-state index contributed by atoms with van der Waals surface area (Å²) in [6, 6.07) is 12.9. The van der Waals surface area contributed by atoms with Crippen molar-refractivity contribution >= 4 is 33.0 Å². The molecule has 0 fully saturated rings. The molecule has 146 valence electrons. The lowest BCUT2D eigenvalue weighted by atomic mass is 10.1. The predicted molar refractivity (Wildman–Crippen MR) is 98.1 cm³/mol. The second-order valence-electron chi connectivity index (χ2n) is 5.39. The largest absolute Gasteiger partial charge is 0.516 e. The van der Waals surface area contributed by atoms with E-state index in [1.54, 1.807) is 6.92 Å². The summed E-state index contributed by atoms with van der Waals surface area (Å²) < 4.78 is 62.4. The van der Waals surface area contributed by atoms with Crippen LogP contribution >= 0.6 is 11.6 Å². The van der Waals surface area contributed by atoms with E-state index in [-0.39, 0.29) is 35.0 Å². The van der Waals surface area contributed by atoms with Gasteiger partial charge in [0.25, 0.3) is 0 Å². The van der Waals surface area contributed by atoms with Crippen LogP contribution in [0, 0.1) is 0 Å². The summed E-state index contributed by atoms with van der Waals surface area (Å²) >= 11 is 5.91. The van der Waals surface area contributed by atoms with Gasteiger partial charge in [-0.1, -0.05) is 54.0 Å². The first kappa shape index (κ1) is 21.0. The molecule has 5 nitrogen and oxygen atoms in total. The first-order valence-corrected chi connectivity index (χ1v) is 9.62. The zero-order valence-electron chi connectivity index (χ0n) is 14.1. The number of nitrogens with one attached hydrogen (secondary N) is 1. The summed E-state index contributed by atoms with van der Waals surface area (Å²) in [5.41, 5.74) is -4.54. The smallest absolute Gasteiger partial charge is 0.391 e. The van der Waals surface area contributed by atoms with Crippen molar-refractivity contribution in [3.8, 4) is 0 Å². The summed E-state index contributed by atoms with van der Waals surface area (Å²) in [7, 11) is -5.58. The molecule has 0 radical (unpaired) electrons. The monoisotopic (exact) mass is 420 g/mol. The molecule has 0 bridgehead atoms. The number of rotatable bonds is 7. The molecule has 0 aromatic heterocycles. The van der Waals surface area contributed by atoms with Crippen LogP contribution in [0.15, 0.2) is 53.7 Å². The Labute approximate surface area is 159 Å². The highest BCUT2D eigenvalue weighted by atomic mass is 35.5. The van der Waals surface area contributed by atoms with Crippen molar-refractivity contribution in [3.63, 3.8) is 0 Å². The van der Waals surface area contributed by atoms with E-state index in [0.29, 0.717) is 0 Å². The molecule has 1 N–H and O–H groups in total. The van der Waals surface area contributed by atoms with E-state index in [1.165, 1.54) is 16.9 Å². The Morgan fingerprint density at radius 2 is 1.85 bits per heavy atom. The molecule has 2 aromatic rings. The molecule has 27 heavy (non-hydrogen) atoms. The summed E-state index contributed by atoms with van der Waals surface area (Å²) in [4.78, 5) is 5.26. The maximum absolute atomic E-state index is 12.7. The third-order valence-corrected chi connectivity index (χ3v) is 4.76. The fraction of sp³-hybridized carbons (Fsp3) is 0.235. The van der Waals surface area contributed by atoms with E-state index < -0.39 is 15.5 Å². The predicted octanol–water partition coefficient (Wildman–Crippen LogP) is 4.93. The molecule has 0 saturated carbocycles. The number of hydrogen-bond donors (Lipinski definition) is 1. The van der Waals surface area contributed by atoms with Gasteiger partial charge in [-0.3, -0.25) is 4.72 Å². The van der Waals surface area contributed by atoms with Gasteiger partial charge in [0, 0.05) is 10.6 Å². The van der Waals surface area contributed by atoms with Gasteiger partial charge < -0.3 is 4.84 Å². The van der Waals surface area contributed by atoms with Crippen LogP contribution in [0.4, 0.5) is 18.9 Å². The van der Waals surface area contributed by atoms with Crippen LogP contribution in [0.5, 0.6) is 0 Å². The summed E-state index contributed by atoms with van der Waals surface area (Å²) in [5.74, 6) is 0. The van der Waals surface area contributed by atoms with Crippen molar-refractivity contribution in [2.75, 3.05) is 4.72 Å². The highest BCUT2D eigenvalue weighted by Gasteiger charge is 2.46. The van der Waals surface area contributed by atoms with E-state index in [2.05, 4.69) is 5.16 Å². The van der Waals surface area contributed by atoms with Gasteiger partial charge in [0.1, 0.15) is 6.61 Å². The average molecular weight is 421 g/mol. The first-order chi connectivity index (χ1) is 12.6. The number of benzene rings is 2. The number of sulfonamides is 1. The van der Waals surface area contributed by atoms with Crippen LogP contribution < -0.4 is 4.72 Å². The summed E-state index contributed by atoms with van der Waals surface area (Å²) in [6.07, 6.45) is 0.274. The number of oxime groups is 1. The van der Waals surface area contributed by atoms with Gasteiger partial charge in [0.05, 0.1) is 11.4 Å². The minimum absolute atomic E-state index is 0.103. The molecule has 0 amide bonds. The Balaban J connectivity index is 2.31. The van der Waals surface area contributed by atoms with E-state index in [1.807, 2.05) is 30.3 Å². The van der Waals surface area contributed by atoms with E-state index in [0.717, 1.165) is 11.6 Å². The highest BCUT2D eigenvalue weighted by molar-refractivity contribution is 7.93. The molecule has 0 aliphatic rings. The third kappa shape index (κ3) is 5.61. The molecule has 0 atom stereocenters. The Morgan fingerprint density at radius 3 is 2.44 bits per heavy atom. The van der Waals surface area contributed by atoms with Crippen LogP contribution in [-0.2, 0) is 21.5 Å². The van der Waals surface area contributed by atoms with Gasteiger partial charge in [-0.05, 0) is 30.2 Å². The maximum Gasteiger partial charge on any atom is 0.516 e. The molecule has 0 aliphatic carbocycles. The number of alkyl halides is 3. The molecular weight excluding hydrogens is 405 g/mol. The van der Waals surface area contributed by atoms with Gasteiger partial charge in [-0.25, -0.2) is 0 Å². The Morgan fingerprint density at radius 1 is 1.19 bits per heavy atom. The molecule has 0 saturated heterocycles. The van der Waals surface area contributed by atoms with Crippen molar-refractivity contribution in [1.29, 1.82) is 0 Å². The second kappa shape index (κ2) is 8.62. The standard InChI is InChI=1S/C17H16ClF3N2O3S/c1-2-15(22-26-11-12-6-4-3-5-7-12)14-10-13(18)8-9-16(14)23-27(24,25)17(19,20)21/h3-10,23H,2,11H2,1H3. The summed E-state index contributed by atoms with van der Waals surface area (Å²) in [6.45, 7) is 1.85. The fourth-order valence-electron chi connectivity index (χ4n) is 2.11. The van der Waals surface area contributed by atoms with Crippen molar-refractivity contribution in [2.45, 2.75) is 25.5 Å². The van der Waals surface area contributed by atoms with Crippen LogP contribution in [0.1, 0.15) is 24.5 Å². The zero-order valence-corrected chi connectivity index (χ0v) is 15.7. The van der Waals surface area contributed by atoms with Crippen LogP contribution in [-0.4, -0.2) is 19.6 Å². The SMILES string of the molecule is CCC(=NOCc1ccccc1)c1cc(Cl)ccc1NS(=O)(=O)C(F)(F)F. The molecule has 2 rings (SSSR count). The van der Waals surface area contributed by atoms with Crippen molar-refractivity contribution < 1.29 is 26.4 Å². The number of hydrogen-bond acceptors (Lipinski definition) is 4. The minimum atomic E-state index is -5.58. The Bertz CT molecular complexity index is 917. The average Bonchev–Trinajstić information content (AvgIpc) is 2.60. The Hall–Kier alpha value is -2.26. The molecule has 0 aliphatic heterocycles. The minimum Gasteiger partial charge on any atom is -0.391 e. The van der Waals surface area contributed by atoms with Gasteiger partial charge in [0.15, 0.2) is 0 Å². The molecular formula is C17H16ClF3N2O3S. The van der Waals surface area contributed by atoms with Gasteiger partial charge in [0.2, 0.25) is 0 Å². The zero-order chi connectivity index (χ0) is 20.1. The number of nitrogens with zero attached hydrogens (tertiary/aromatic N) is 1. The second-order valence-corrected chi connectivity index (χ2v) is 7.50. The van der Waals surface area contributed by atoms with E-state index in [9.17, 15) is 21.6 Å². The van der Waals surface area contributed by atoms with Gasteiger partial charge >= 0.3 is 15.5 Å². The van der Waals surface area contributed by atoms with Crippen LogP contribution in [0.25, 0.3) is 0 Å². The van der Waals surface area contributed by atoms with Crippen molar-refractivity contribution in [2.24, 2.45) is 5.16 Å². The van der Waals surface area contributed by atoms with Crippen LogP contribution in [0.2, 0.25) is 5.02 Å². The van der Waals surface area contributed by atoms with Crippen molar-refractivity contribution in [3.05, 3.63) is 64.7 Å². The lowest BCUT2D eigenvalue weighted by Crippen LogP contribution is -2.30. The molecule has 0 unspecified atom stereocenters. The molecule has 2 aromatic carbocycles. The van der Waals surface area contributed by atoms with Gasteiger partial charge in [-0.2, -0.15) is 21.6 Å². The molecule has 10 heteroatoms. The lowest BCUT2D eigenvalue weighted by Gasteiger charge is -2.15. The van der Waals surface area contributed by atoms with Crippen molar-refractivity contribution in [1.82, 2.24) is 0 Å². The quantitative estimate of drug-likeness (QED) is 0.510. The van der Waals surface area contributed by atoms with Crippen LogP contribution in [0.3, 0.4) is 0 Å². The van der Waals surface area contributed by atoms with Gasteiger partial charge in [-0.15, -0.1) is 0 Å². The van der Waals surface area contributed by atoms with E-state index in [4.69, 9.17) is 16.4 Å². The summed E-state index contributed by atoms with van der Waals surface area (Å²) in [5, 5.41) is 4.16. The molecule has 0 spiro atoms. The number of halogens is 4. The topological polar surface area (TPSA) is 67.8 Å². The highest BCUT2D eigenvalue weighted by Crippen LogP contribution is 2.29. The maximum atomic E-state index is 12.7.